The second kappa shape index (κ2) is 6.56. The molecule has 2 aliphatic rings. The second-order valence-electron chi connectivity index (χ2n) is 8.78. The number of fused-ring (bicyclic) bond motifs is 3. The number of phenols is 3. The third-order valence-corrected chi connectivity index (χ3v) is 5.81. The van der Waals surface area contributed by atoms with Gasteiger partial charge in [-0.2, -0.15) is 0 Å². The van der Waals surface area contributed by atoms with E-state index in [0.717, 1.165) is 5.57 Å². The molecule has 3 heterocycles. The highest BCUT2D eigenvalue weighted by Gasteiger charge is 2.32. The summed E-state index contributed by atoms with van der Waals surface area (Å²) in [6.07, 6.45) is 3.48. The Bertz CT molecular complexity index is 1410. The fourth-order valence-corrected chi connectivity index (χ4v) is 4.12. The maximum Gasteiger partial charge on any atom is 0.197 e. The van der Waals surface area contributed by atoms with Crippen LogP contribution in [0, 0.1) is 0 Å². The molecule has 3 aromatic rings. The van der Waals surface area contributed by atoms with E-state index in [0.29, 0.717) is 23.3 Å². The maximum absolute atomic E-state index is 12.9. The molecule has 1 atom stereocenters. The standard InChI is InChI=1S/C25H22O7/c1-11(2)17-8-14-22(28)13(7-16(27)24(14)31-17)18-9-15(26)21-20(30-18)10-19-12(23(21)29)5-6-25(3,4)32-19/h5-7,9-10,17,27-29H,1,8H2,2-4H3/t17-/m1/s1. The molecule has 5 rings (SSSR count). The summed E-state index contributed by atoms with van der Waals surface area (Å²) >= 11 is 0. The number of hydrogen-bond acceptors (Lipinski definition) is 7. The molecule has 2 aliphatic heterocycles. The van der Waals surface area contributed by atoms with Crippen LogP contribution in [0.4, 0.5) is 0 Å². The zero-order chi connectivity index (χ0) is 22.9. The summed E-state index contributed by atoms with van der Waals surface area (Å²) < 4.78 is 17.5. The lowest BCUT2D eigenvalue weighted by Crippen LogP contribution is -2.27. The van der Waals surface area contributed by atoms with Gasteiger partial charge in [0.05, 0.1) is 11.1 Å². The normalized spacial score (nSPS) is 18.0. The van der Waals surface area contributed by atoms with Crippen molar-refractivity contribution < 1.29 is 29.2 Å². The highest BCUT2D eigenvalue weighted by Crippen LogP contribution is 2.49. The number of aromatic hydroxyl groups is 3. The molecule has 7 heteroatoms. The van der Waals surface area contributed by atoms with Gasteiger partial charge in [-0.1, -0.05) is 6.58 Å². The van der Waals surface area contributed by atoms with Crippen LogP contribution in [0.2, 0.25) is 0 Å². The Balaban J connectivity index is 1.70. The van der Waals surface area contributed by atoms with Gasteiger partial charge in [0.1, 0.15) is 45.7 Å². The zero-order valence-corrected chi connectivity index (χ0v) is 17.9. The van der Waals surface area contributed by atoms with Gasteiger partial charge in [0.2, 0.25) is 0 Å². The van der Waals surface area contributed by atoms with Crippen LogP contribution in [0.1, 0.15) is 31.9 Å². The van der Waals surface area contributed by atoms with E-state index >= 15 is 0 Å². The van der Waals surface area contributed by atoms with Crippen molar-refractivity contribution in [2.45, 2.75) is 38.9 Å². The Hall–Kier alpha value is -3.87. The van der Waals surface area contributed by atoms with Crippen LogP contribution in [0.3, 0.4) is 0 Å². The summed E-state index contributed by atoms with van der Waals surface area (Å²) in [4.78, 5) is 12.9. The second-order valence-corrected chi connectivity index (χ2v) is 8.78. The first-order valence-corrected chi connectivity index (χ1v) is 10.2. The van der Waals surface area contributed by atoms with E-state index in [9.17, 15) is 20.1 Å². The van der Waals surface area contributed by atoms with E-state index in [4.69, 9.17) is 13.9 Å². The molecular weight excluding hydrogens is 412 g/mol. The average molecular weight is 434 g/mol. The molecule has 3 N–H and O–H groups in total. The van der Waals surface area contributed by atoms with Gasteiger partial charge in [0.25, 0.3) is 0 Å². The van der Waals surface area contributed by atoms with Crippen molar-refractivity contribution in [1.29, 1.82) is 0 Å². The van der Waals surface area contributed by atoms with Crippen LogP contribution < -0.4 is 14.9 Å². The summed E-state index contributed by atoms with van der Waals surface area (Å²) in [5.74, 6) is 0.0532. The third-order valence-electron chi connectivity index (χ3n) is 5.81. The van der Waals surface area contributed by atoms with Crippen molar-refractivity contribution in [2.75, 3.05) is 0 Å². The molecule has 164 valence electrons. The fraction of sp³-hybridized carbons (Fsp3) is 0.240. The quantitative estimate of drug-likeness (QED) is 0.398. The minimum Gasteiger partial charge on any atom is -0.507 e. The van der Waals surface area contributed by atoms with Crippen LogP contribution in [0.25, 0.3) is 28.4 Å². The molecule has 0 aliphatic carbocycles. The smallest absolute Gasteiger partial charge is 0.197 e. The predicted molar refractivity (Wildman–Crippen MR) is 120 cm³/mol. The summed E-state index contributed by atoms with van der Waals surface area (Å²) in [5, 5.41) is 32.1. The first-order valence-electron chi connectivity index (χ1n) is 10.2. The molecule has 0 fully saturated rings. The summed E-state index contributed by atoms with van der Waals surface area (Å²) in [7, 11) is 0. The van der Waals surface area contributed by atoms with Crippen molar-refractivity contribution in [1.82, 2.24) is 0 Å². The largest absolute Gasteiger partial charge is 0.507 e. The fourth-order valence-electron chi connectivity index (χ4n) is 4.12. The minimum absolute atomic E-state index is 0.0102. The number of benzene rings is 2. The van der Waals surface area contributed by atoms with E-state index in [2.05, 4.69) is 6.58 Å². The molecule has 0 amide bonds. The molecule has 32 heavy (non-hydrogen) atoms. The number of phenolic OH excluding ortho intramolecular Hbond substituents is 3. The van der Waals surface area contributed by atoms with Crippen LogP contribution >= 0.6 is 0 Å². The van der Waals surface area contributed by atoms with Gasteiger partial charge in [-0.25, -0.2) is 0 Å². The number of rotatable bonds is 2. The zero-order valence-electron chi connectivity index (χ0n) is 17.9. The molecule has 0 radical (unpaired) electrons. The van der Waals surface area contributed by atoms with E-state index in [1.807, 2.05) is 13.8 Å². The average Bonchev–Trinajstić information content (AvgIpc) is 3.16. The molecule has 0 bridgehead atoms. The molecule has 0 unspecified atom stereocenters. The van der Waals surface area contributed by atoms with Gasteiger partial charge in [-0.3, -0.25) is 4.79 Å². The topological polar surface area (TPSA) is 109 Å². The molecule has 2 aromatic carbocycles. The van der Waals surface area contributed by atoms with Crippen LogP contribution in [-0.2, 0) is 6.42 Å². The third kappa shape index (κ3) is 2.92. The van der Waals surface area contributed by atoms with Gasteiger partial charge in [0.15, 0.2) is 16.9 Å². The lowest BCUT2D eigenvalue weighted by molar-refractivity contribution is 0.158. The van der Waals surface area contributed by atoms with Gasteiger partial charge in [0, 0.05) is 24.1 Å². The van der Waals surface area contributed by atoms with Crippen molar-refractivity contribution in [3.63, 3.8) is 0 Å². The SMILES string of the molecule is C=C(C)[C@H]1Cc2c(O)c(-c3cc(=O)c4c(O)c5c(cc4o3)OC(C)(C)C=C5)cc(O)c2O1. The van der Waals surface area contributed by atoms with E-state index in [1.54, 1.807) is 25.1 Å². The first-order chi connectivity index (χ1) is 15.1. The van der Waals surface area contributed by atoms with Crippen molar-refractivity contribution in [3.8, 4) is 40.1 Å². The van der Waals surface area contributed by atoms with Crippen molar-refractivity contribution >= 4 is 17.0 Å². The number of hydrogen-bond donors (Lipinski definition) is 3. The van der Waals surface area contributed by atoms with Crippen LogP contribution in [0.15, 0.2) is 45.6 Å². The highest BCUT2D eigenvalue weighted by atomic mass is 16.5. The van der Waals surface area contributed by atoms with Crippen LogP contribution in [-0.4, -0.2) is 27.0 Å². The van der Waals surface area contributed by atoms with Gasteiger partial charge in [-0.15, -0.1) is 0 Å². The Kier molecular flexibility index (Phi) is 4.11. The predicted octanol–water partition coefficient (Wildman–Crippen LogP) is 4.64. The molecule has 1 aromatic heterocycles. The molecule has 0 saturated heterocycles. The first kappa shape index (κ1) is 20.1. The summed E-state index contributed by atoms with van der Waals surface area (Å²) in [5.41, 5.74) is 0.743. The minimum atomic E-state index is -0.588. The Labute approximate surface area is 183 Å². The maximum atomic E-state index is 12.9. The molecule has 0 spiro atoms. The molecular formula is C25H22O7. The van der Waals surface area contributed by atoms with E-state index in [1.165, 1.54) is 12.1 Å². The summed E-state index contributed by atoms with van der Waals surface area (Å²) in [6, 6.07) is 4.02. The van der Waals surface area contributed by atoms with E-state index < -0.39 is 11.0 Å². The Morgan fingerprint density at radius 3 is 2.62 bits per heavy atom. The number of ether oxygens (including phenoxy) is 2. The lowest BCUT2D eigenvalue weighted by atomic mass is 9.98. The summed E-state index contributed by atoms with van der Waals surface area (Å²) in [6.45, 7) is 9.41. The van der Waals surface area contributed by atoms with Crippen LogP contribution in [0.5, 0.6) is 28.7 Å². The molecule has 7 nitrogen and oxygen atoms in total. The van der Waals surface area contributed by atoms with Gasteiger partial charge >= 0.3 is 0 Å². The van der Waals surface area contributed by atoms with Gasteiger partial charge < -0.3 is 29.2 Å². The Morgan fingerprint density at radius 1 is 1.16 bits per heavy atom. The Morgan fingerprint density at radius 2 is 1.91 bits per heavy atom. The van der Waals surface area contributed by atoms with Crippen molar-refractivity contribution in [3.05, 3.63) is 57.8 Å². The lowest BCUT2D eigenvalue weighted by Gasteiger charge is -2.28. The highest BCUT2D eigenvalue weighted by molar-refractivity contribution is 5.92. The monoisotopic (exact) mass is 434 g/mol. The van der Waals surface area contributed by atoms with Crippen molar-refractivity contribution in [2.24, 2.45) is 0 Å². The van der Waals surface area contributed by atoms with E-state index in [-0.39, 0.29) is 51.4 Å². The van der Waals surface area contributed by atoms with Gasteiger partial charge in [-0.05, 0) is 44.6 Å². The molecule has 0 saturated carbocycles.